The smallest absolute Gasteiger partial charge is 0.101 e. The van der Waals surface area contributed by atoms with Gasteiger partial charge >= 0.3 is 0 Å². The molecule has 16 rings (SSSR count). The molecule has 0 radical (unpaired) electrons. The number of aryl methyl sites for hydroxylation is 2. The maximum absolute atomic E-state index is 4.49. The van der Waals surface area contributed by atoms with Crippen molar-refractivity contribution in [1.29, 1.82) is 0 Å². The summed E-state index contributed by atoms with van der Waals surface area (Å²) in [5.41, 5.74) is 16.5. The molecule has 0 aliphatic rings. The van der Waals surface area contributed by atoms with Crippen LogP contribution in [0.15, 0.2) is 268 Å². The first-order chi connectivity index (χ1) is 44.0. The van der Waals surface area contributed by atoms with Crippen LogP contribution in [0.5, 0.6) is 0 Å². The van der Waals surface area contributed by atoms with E-state index in [4.69, 9.17) is 0 Å². The minimum absolute atomic E-state index is 0. The molecule has 0 atom stereocenters. The van der Waals surface area contributed by atoms with Crippen LogP contribution in [0.1, 0.15) is 28.7 Å². The average molecular weight is 1360 g/mol. The van der Waals surface area contributed by atoms with E-state index >= 15 is 0 Å². The Morgan fingerprint density at radius 1 is 0.242 bits per heavy atom. The third-order valence-electron chi connectivity index (χ3n) is 15.0. The van der Waals surface area contributed by atoms with Crippen LogP contribution in [0.4, 0.5) is 0 Å². The van der Waals surface area contributed by atoms with Gasteiger partial charge in [-0.2, -0.15) is 0 Å². The normalized spacial score (nSPS) is 10.7. The number of hydrogen-bond donors (Lipinski definition) is 2. The van der Waals surface area contributed by atoms with Gasteiger partial charge < -0.3 is 10.6 Å². The molecule has 0 fully saturated rings. The molecule has 16 heteroatoms. The second-order valence-electron chi connectivity index (χ2n) is 21.3. The number of pyridine rings is 12. The minimum atomic E-state index is 0. The molecule has 0 aliphatic carbocycles. The van der Waals surface area contributed by atoms with Gasteiger partial charge in [0.05, 0.1) is 80.0 Å². The van der Waals surface area contributed by atoms with Gasteiger partial charge in [-0.15, -0.1) is 0 Å². The Bertz CT molecular complexity index is 4300. The van der Waals surface area contributed by atoms with E-state index in [0.29, 0.717) is 0 Å². The summed E-state index contributed by atoms with van der Waals surface area (Å²) in [5, 5.41) is 13.8. The van der Waals surface area contributed by atoms with Gasteiger partial charge in [0.15, 0.2) is 0 Å². The van der Waals surface area contributed by atoms with Crippen LogP contribution < -0.4 is 10.6 Å². The van der Waals surface area contributed by atoms with E-state index < -0.39 is 0 Å². The summed E-state index contributed by atoms with van der Waals surface area (Å²) in [7, 11) is 0. The Labute approximate surface area is 552 Å². The molecule has 0 spiro atoms. The Balaban J connectivity index is 0.000000132. The van der Waals surface area contributed by atoms with Crippen molar-refractivity contribution in [3.63, 3.8) is 0 Å². The van der Waals surface area contributed by atoms with Crippen molar-refractivity contribution in [2.75, 3.05) is 13.1 Å². The first-order valence-electron chi connectivity index (χ1n) is 29.7. The number of quaternary nitrogens is 2. The van der Waals surface area contributed by atoms with Crippen LogP contribution in [0.2, 0.25) is 0 Å². The van der Waals surface area contributed by atoms with Gasteiger partial charge in [-0.1, -0.05) is 97.1 Å². The Kier molecular flexibility index (Phi) is 22.4. The number of rotatable bonds is 10. The molecule has 0 amide bonds. The number of benzene rings is 4. The first kappa shape index (κ1) is 63.9. The zero-order valence-electron chi connectivity index (χ0n) is 50.2. The zero-order valence-corrected chi connectivity index (χ0v) is 53.6. The Morgan fingerprint density at radius 3 is 0.692 bits per heavy atom. The molecule has 4 aromatic carbocycles. The van der Waals surface area contributed by atoms with Gasteiger partial charge in [0.25, 0.3) is 0 Å². The fourth-order valence-corrected chi connectivity index (χ4v) is 10.5. The molecule has 12 aromatic heterocycles. The third kappa shape index (κ3) is 16.4. The second-order valence-corrected chi connectivity index (χ2v) is 21.3. The molecule has 12 heterocycles. The third-order valence-corrected chi connectivity index (χ3v) is 15.0. The SMILES string of the molecule is Cc1ccnc(-c2cc(C[NH2+]CCC[NH2+]Cc3ccnc(-c4cc(C)ccn4)c3)ccn2)c1.[Ru].[Ru].c1cnc2c(c1)ccc1cccnc12.c1cnc2c(c1)ccc1cccnc12.c1cnc2c(c1)ccc1cccnc12.c1cnc2c(c1)ccc1cccnc12. The van der Waals surface area contributed by atoms with E-state index in [1.54, 1.807) is 49.6 Å². The second kappa shape index (κ2) is 31.9. The van der Waals surface area contributed by atoms with Gasteiger partial charge in [-0.05, 0) is 122 Å². The van der Waals surface area contributed by atoms with Gasteiger partial charge in [0.2, 0.25) is 0 Å². The molecular formula is C75H64N14Ru2+2. The summed E-state index contributed by atoms with van der Waals surface area (Å²) in [6.45, 7) is 8.28. The molecule has 4 N–H and O–H groups in total. The fraction of sp³-hybridized carbons (Fsp3) is 0.0933. The van der Waals surface area contributed by atoms with Crippen LogP contribution in [0.25, 0.3) is 110 Å². The van der Waals surface area contributed by atoms with Gasteiger partial charge in [-0.25, -0.2) is 0 Å². The van der Waals surface area contributed by atoms with Crippen molar-refractivity contribution in [2.45, 2.75) is 33.4 Å². The summed E-state index contributed by atoms with van der Waals surface area (Å²) in [4.78, 5) is 52.6. The first-order valence-corrected chi connectivity index (χ1v) is 29.7. The summed E-state index contributed by atoms with van der Waals surface area (Å²) < 4.78 is 0. The topological polar surface area (TPSA) is 188 Å². The van der Waals surface area contributed by atoms with Crippen molar-refractivity contribution in [2.24, 2.45) is 0 Å². The average Bonchev–Trinajstić information content (AvgIpc) is 1.95. The van der Waals surface area contributed by atoms with Crippen molar-refractivity contribution < 1.29 is 49.6 Å². The molecule has 91 heavy (non-hydrogen) atoms. The van der Waals surface area contributed by atoms with Gasteiger partial charge in [-0.3, -0.25) is 59.8 Å². The van der Waals surface area contributed by atoms with E-state index in [-0.39, 0.29) is 39.0 Å². The minimum Gasteiger partial charge on any atom is -0.342 e. The standard InChI is InChI=1S/C27H30N6.4C12H8N2.2Ru/c1-20-4-10-30-24(14-20)26-16-22(6-12-32-26)18-28-8-3-9-29-19-23-7-13-33-27(17-23)25-15-21(2)5-11-31-25;4*1-3-9-5-6-10-4-2-8-14-12(10)11(9)13-7-1;;/h4-7,10-17,28-29H,3,8-9,18-19H2,1-2H3;4*1-8H;;/p+2. The maximum Gasteiger partial charge on any atom is 0.101 e. The molecular weight excluding hydrogens is 1300 g/mol. The monoisotopic (exact) mass is 1360 g/mol. The molecule has 16 aromatic rings. The molecule has 0 saturated heterocycles. The quantitative estimate of drug-likeness (QED) is 0.0750. The van der Waals surface area contributed by atoms with Crippen molar-refractivity contribution in [1.82, 2.24) is 59.8 Å². The number of nitrogens with zero attached hydrogens (tertiary/aromatic N) is 12. The number of nitrogens with two attached hydrogens (primary N) is 2. The van der Waals surface area contributed by atoms with E-state index in [1.165, 1.54) is 22.3 Å². The Hall–Kier alpha value is -10.1. The summed E-state index contributed by atoms with van der Waals surface area (Å²) in [6.07, 6.45) is 23.0. The fourth-order valence-electron chi connectivity index (χ4n) is 10.5. The largest absolute Gasteiger partial charge is 0.342 e. The molecule has 0 bridgehead atoms. The van der Waals surface area contributed by atoms with Crippen LogP contribution in [-0.2, 0) is 52.0 Å². The zero-order chi connectivity index (χ0) is 60.4. The Morgan fingerprint density at radius 2 is 0.462 bits per heavy atom. The summed E-state index contributed by atoms with van der Waals surface area (Å²) >= 11 is 0. The van der Waals surface area contributed by atoms with Crippen LogP contribution in [0.3, 0.4) is 0 Å². The van der Waals surface area contributed by atoms with Crippen molar-refractivity contribution >= 4 is 87.2 Å². The van der Waals surface area contributed by atoms with Gasteiger partial charge in [0, 0.05) is 174 Å². The maximum atomic E-state index is 4.49. The predicted molar refractivity (Wildman–Crippen MR) is 358 cm³/mol. The molecule has 448 valence electrons. The van der Waals surface area contributed by atoms with Crippen molar-refractivity contribution in [3.8, 4) is 22.8 Å². The summed E-state index contributed by atoms with van der Waals surface area (Å²) in [6, 6.07) is 65.2. The molecule has 0 aliphatic heterocycles. The van der Waals surface area contributed by atoms with E-state index in [9.17, 15) is 0 Å². The van der Waals surface area contributed by atoms with Crippen LogP contribution >= 0.6 is 0 Å². The van der Waals surface area contributed by atoms with Crippen LogP contribution in [-0.4, -0.2) is 72.9 Å². The number of fused-ring (bicyclic) bond motifs is 12. The predicted octanol–water partition coefficient (Wildman–Crippen LogP) is 13.6. The van der Waals surface area contributed by atoms with E-state index in [2.05, 4.69) is 218 Å². The van der Waals surface area contributed by atoms with Crippen molar-refractivity contribution in [3.05, 3.63) is 291 Å². The van der Waals surface area contributed by atoms with Crippen LogP contribution in [0, 0.1) is 13.8 Å². The van der Waals surface area contributed by atoms with Gasteiger partial charge in [0.1, 0.15) is 13.1 Å². The summed E-state index contributed by atoms with van der Waals surface area (Å²) in [5.74, 6) is 0. The van der Waals surface area contributed by atoms with E-state index in [1.807, 2.05) is 85.5 Å². The number of hydrogen-bond acceptors (Lipinski definition) is 12. The molecule has 14 nitrogen and oxygen atoms in total. The number of aromatic nitrogens is 12. The molecule has 0 unspecified atom stereocenters. The molecule has 0 saturated carbocycles. The van der Waals surface area contributed by atoms with E-state index in [0.717, 1.165) is 143 Å².